The van der Waals surface area contributed by atoms with Crippen LogP contribution in [0, 0.1) is 18.7 Å². The molecule has 4 nitrogen and oxygen atoms in total. The summed E-state index contributed by atoms with van der Waals surface area (Å²) < 4.78 is 13.3. The molecule has 1 atom stereocenters. The Morgan fingerprint density at radius 1 is 1.28 bits per heavy atom. The number of benzene rings is 1. The summed E-state index contributed by atoms with van der Waals surface area (Å²) in [4.78, 5) is 18.6. The number of carbonyl (C=O) groups is 1. The zero-order valence-electron chi connectivity index (χ0n) is 15.0. The SMILES string of the molecule is Cc1nc2cc(F)ccc2cc1C(=O)N(C)CCC(N)C(C)C.Cl.Cl. The number of nitrogens with two attached hydrogens (primary N) is 1. The Kier molecular flexibility index (Phi) is 9.33. The van der Waals surface area contributed by atoms with Gasteiger partial charge < -0.3 is 10.6 Å². The van der Waals surface area contributed by atoms with Crippen molar-refractivity contribution in [1.82, 2.24) is 9.88 Å². The molecule has 25 heavy (non-hydrogen) atoms. The van der Waals surface area contributed by atoms with Crippen molar-refractivity contribution in [1.29, 1.82) is 0 Å². The summed E-state index contributed by atoms with van der Waals surface area (Å²) in [5.74, 6) is -0.0297. The van der Waals surface area contributed by atoms with Crippen molar-refractivity contribution in [2.45, 2.75) is 33.2 Å². The van der Waals surface area contributed by atoms with Gasteiger partial charge in [0.1, 0.15) is 5.82 Å². The molecule has 2 aromatic rings. The van der Waals surface area contributed by atoms with Gasteiger partial charge in [0.05, 0.1) is 16.8 Å². The molecular formula is C18H26Cl2FN3O. The number of hydrogen-bond acceptors (Lipinski definition) is 3. The van der Waals surface area contributed by atoms with Crippen LogP contribution in [0.1, 0.15) is 36.3 Å². The van der Waals surface area contributed by atoms with Crippen molar-refractivity contribution in [2.75, 3.05) is 13.6 Å². The smallest absolute Gasteiger partial charge is 0.255 e. The van der Waals surface area contributed by atoms with Crippen LogP contribution in [0.2, 0.25) is 0 Å². The third-order valence-electron chi connectivity index (χ3n) is 4.20. The molecule has 1 amide bonds. The van der Waals surface area contributed by atoms with Crippen LogP contribution in [-0.2, 0) is 0 Å². The van der Waals surface area contributed by atoms with E-state index in [4.69, 9.17) is 5.73 Å². The fraction of sp³-hybridized carbons (Fsp3) is 0.444. The zero-order valence-corrected chi connectivity index (χ0v) is 16.6. The fourth-order valence-corrected chi connectivity index (χ4v) is 2.44. The van der Waals surface area contributed by atoms with Gasteiger partial charge in [-0.25, -0.2) is 4.39 Å². The van der Waals surface area contributed by atoms with Gasteiger partial charge in [-0.3, -0.25) is 9.78 Å². The van der Waals surface area contributed by atoms with E-state index in [9.17, 15) is 9.18 Å². The number of aromatic nitrogens is 1. The van der Waals surface area contributed by atoms with E-state index < -0.39 is 0 Å². The highest BCUT2D eigenvalue weighted by atomic mass is 35.5. The molecule has 7 heteroatoms. The first-order chi connectivity index (χ1) is 10.8. The van der Waals surface area contributed by atoms with Gasteiger partial charge in [-0.2, -0.15) is 0 Å². The van der Waals surface area contributed by atoms with Crippen LogP contribution in [0.15, 0.2) is 24.3 Å². The van der Waals surface area contributed by atoms with Crippen molar-refractivity contribution in [2.24, 2.45) is 11.7 Å². The number of nitrogens with zero attached hydrogens (tertiary/aromatic N) is 2. The summed E-state index contributed by atoms with van der Waals surface area (Å²) in [6, 6.07) is 6.24. The predicted octanol–water partition coefficient (Wildman–Crippen LogP) is 3.97. The van der Waals surface area contributed by atoms with E-state index in [1.54, 1.807) is 31.0 Å². The molecule has 1 aromatic carbocycles. The van der Waals surface area contributed by atoms with Gasteiger partial charge in [-0.15, -0.1) is 24.8 Å². The monoisotopic (exact) mass is 389 g/mol. The number of halogens is 3. The van der Waals surface area contributed by atoms with Crippen molar-refractivity contribution in [3.8, 4) is 0 Å². The fourth-order valence-electron chi connectivity index (χ4n) is 2.44. The lowest BCUT2D eigenvalue weighted by Crippen LogP contribution is -2.35. The molecule has 0 spiro atoms. The minimum Gasteiger partial charge on any atom is -0.342 e. The second-order valence-corrected chi connectivity index (χ2v) is 6.38. The third kappa shape index (κ3) is 5.80. The Morgan fingerprint density at radius 3 is 2.52 bits per heavy atom. The standard InChI is InChI=1S/C18H24FN3O.2ClH/c1-11(2)16(20)7-8-22(4)18(23)15-9-13-5-6-14(19)10-17(13)21-12(15)3;;/h5-6,9-11,16H,7-8,20H2,1-4H3;2*1H. The molecule has 0 saturated carbocycles. The Hall–Kier alpha value is -1.43. The van der Waals surface area contributed by atoms with Gasteiger partial charge in [0, 0.05) is 31.1 Å². The van der Waals surface area contributed by atoms with Gasteiger partial charge in [-0.05, 0) is 37.5 Å². The highest BCUT2D eigenvalue weighted by Gasteiger charge is 2.17. The first-order valence-electron chi connectivity index (χ1n) is 7.87. The largest absolute Gasteiger partial charge is 0.342 e. The first-order valence-corrected chi connectivity index (χ1v) is 7.87. The van der Waals surface area contributed by atoms with Crippen molar-refractivity contribution in [3.05, 3.63) is 41.3 Å². The summed E-state index contributed by atoms with van der Waals surface area (Å²) >= 11 is 0. The Bertz CT molecular complexity index is 725. The Balaban J connectivity index is 0.00000288. The molecule has 0 radical (unpaired) electrons. The number of rotatable bonds is 5. The lowest BCUT2D eigenvalue weighted by molar-refractivity contribution is 0.0788. The summed E-state index contributed by atoms with van der Waals surface area (Å²) in [5.41, 5.74) is 7.75. The van der Waals surface area contributed by atoms with E-state index in [2.05, 4.69) is 18.8 Å². The molecule has 1 heterocycles. The van der Waals surface area contributed by atoms with Gasteiger partial charge in [0.2, 0.25) is 0 Å². The van der Waals surface area contributed by atoms with Crippen LogP contribution in [-0.4, -0.2) is 35.4 Å². The molecule has 2 rings (SSSR count). The van der Waals surface area contributed by atoms with E-state index in [1.165, 1.54) is 12.1 Å². The lowest BCUT2D eigenvalue weighted by Gasteiger charge is -2.22. The summed E-state index contributed by atoms with van der Waals surface area (Å²) in [6.07, 6.45) is 0.755. The first kappa shape index (κ1) is 23.6. The number of aryl methyl sites for hydroxylation is 1. The molecule has 0 fully saturated rings. The van der Waals surface area contributed by atoms with E-state index in [0.717, 1.165) is 11.8 Å². The number of hydrogen-bond donors (Lipinski definition) is 1. The second-order valence-electron chi connectivity index (χ2n) is 6.38. The van der Waals surface area contributed by atoms with Gasteiger partial charge in [0.25, 0.3) is 5.91 Å². The van der Waals surface area contributed by atoms with Crippen LogP contribution in [0.4, 0.5) is 4.39 Å². The molecule has 1 unspecified atom stereocenters. The van der Waals surface area contributed by atoms with Crippen molar-refractivity contribution < 1.29 is 9.18 Å². The van der Waals surface area contributed by atoms with Crippen molar-refractivity contribution >= 4 is 41.6 Å². The van der Waals surface area contributed by atoms with Crippen LogP contribution in [0.3, 0.4) is 0 Å². The number of fused-ring (bicyclic) bond motifs is 1. The van der Waals surface area contributed by atoms with Crippen LogP contribution in [0.25, 0.3) is 10.9 Å². The zero-order chi connectivity index (χ0) is 17.1. The number of amides is 1. The van der Waals surface area contributed by atoms with Gasteiger partial charge >= 0.3 is 0 Å². The molecule has 0 bridgehead atoms. The number of pyridine rings is 1. The molecule has 2 N–H and O–H groups in total. The predicted molar refractivity (Wildman–Crippen MR) is 105 cm³/mol. The third-order valence-corrected chi connectivity index (χ3v) is 4.20. The number of carbonyl (C=O) groups excluding carboxylic acids is 1. The average molecular weight is 390 g/mol. The van der Waals surface area contributed by atoms with Gasteiger partial charge in [0.15, 0.2) is 0 Å². The van der Waals surface area contributed by atoms with Crippen molar-refractivity contribution in [3.63, 3.8) is 0 Å². The van der Waals surface area contributed by atoms with Crippen LogP contribution >= 0.6 is 24.8 Å². The molecule has 0 aliphatic rings. The average Bonchev–Trinajstić information content (AvgIpc) is 2.50. The second kappa shape index (κ2) is 9.90. The highest BCUT2D eigenvalue weighted by molar-refractivity contribution is 5.98. The van der Waals surface area contributed by atoms with Gasteiger partial charge in [-0.1, -0.05) is 13.8 Å². The Labute approximate surface area is 160 Å². The molecule has 0 aliphatic carbocycles. The van der Waals surface area contributed by atoms with E-state index >= 15 is 0 Å². The molecule has 1 aromatic heterocycles. The maximum absolute atomic E-state index is 13.3. The molecular weight excluding hydrogens is 364 g/mol. The lowest BCUT2D eigenvalue weighted by atomic mass is 10.0. The molecule has 0 saturated heterocycles. The van der Waals surface area contributed by atoms with Crippen LogP contribution < -0.4 is 5.73 Å². The summed E-state index contributed by atoms with van der Waals surface area (Å²) in [6.45, 7) is 6.51. The normalized spacial score (nSPS) is 11.6. The maximum atomic E-state index is 13.3. The highest BCUT2D eigenvalue weighted by Crippen LogP contribution is 2.19. The van der Waals surface area contributed by atoms with E-state index in [-0.39, 0.29) is 42.6 Å². The molecule has 140 valence electrons. The Morgan fingerprint density at radius 2 is 1.92 bits per heavy atom. The molecule has 0 aliphatic heterocycles. The topological polar surface area (TPSA) is 59.2 Å². The van der Waals surface area contributed by atoms with E-state index in [1.807, 2.05) is 0 Å². The maximum Gasteiger partial charge on any atom is 0.255 e. The summed E-state index contributed by atoms with van der Waals surface area (Å²) in [5, 5.41) is 0.757. The quantitative estimate of drug-likeness (QED) is 0.841. The van der Waals surface area contributed by atoms with E-state index in [0.29, 0.717) is 29.2 Å². The minimum atomic E-state index is -0.330. The minimum absolute atomic E-state index is 0. The van der Waals surface area contributed by atoms with Crippen LogP contribution in [0.5, 0.6) is 0 Å². The summed E-state index contributed by atoms with van der Waals surface area (Å²) in [7, 11) is 1.77.